The van der Waals surface area contributed by atoms with Crippen molar-refractivity contribution < 1.29 is 4.79 Å². The third kappa shape index (κ3) is 3.03. The van der Waals surface area contributed by atoms with Gasteiger partial charge in [0, 0.05) is 17.6 Å². The highest BCUT2D eigenvalue weighted by atomic mass is 16.1. The van der Waals surface area contributed by atoms with E-state index in [2.05, 4.69) is 44.1 Å². The maximum atomic E-state index is 12.3. The minimum Gasteiger partial charge on any atom is -0.358 e. The number of carbonyl (C=O) groups excluding carboxylic acids is 1. The molecule has 0 unspecified atom stereocenters. The van der Waals surface area contributed by atoms with Crippen molar-refractivity contribution >= 4 is 16.8 Å². The second-order valence-corrected chi connectivity index (χ2v) is 6.67. The van der Waals surface area contributed by atoms with Crippen LogP contribution in [0.4, 0.5) is 0 Å². The van der Waals surface area contributed by atoms with Gasteiger partial charge in [-0.05, 0) is 37.3 Å². The van der Waals surface area contributed by atoms with Gasteiger partial charge in [-0.3, -0.25) is 4.79 Å². The number of fused-ring (bicyclic) bond motifs is 1. The van der Waals surface area contributed by atoms with Crippen LogP contribution in [0.1, 0.15) is 48.8 Å². The van der Waals surface area contributed by atoms with Gasteiger partial charge in [-0.2, -0.15) is 0 Å². The fraction of sp³-hybridized carbons (Fsp3) is 0.471. The fourth-order valence-corrected chi connectivity index (χ4v) is 2.32. The van der Waals surface area contributed by atoms with Gasteiger partial charge in [0.25, 0.3) is 5.91 Å². The molecule has 1 aromatic carbocycles. The predicted molar refractivity (Wildman–Crippen MR) is 84.2 cm³/mol. The number of hydrogen-bond acceptors (Lipinski definition) is 1. The molecule has 3 heteroatoms. The Morgan fingerprint density at radius 2 is 1.95 bits per heavy atom. The number of aromatic nitrogens is 1. The molecule has 0 saturated heterocycles. The fourth-order valence-electron chi connectivity index (χ4n) is 2.32. The van der Waals surface area contributed by atoms with Crippen molar-refractivity contribution in [2.45, 2.75) is 41.0 Å². The lowest BCUT2D eigenvalue weighted by Gasteiger charge is -2.18. The lowest BCUT2D eigenvalue weighted by molar-refractivity contribution is 0.0951. The first-order valence-corrected chi connectivity index (χ1v) is 7.16. The molecule has 0 fully saturated rings. The van der Waals surface area contributed by atoms with E-state index in [9.17, 15) is 4.79 Å². The lowest BCUT2D eigenvalue weighted by Crippen LogP contribution is -2.27. The van der Waals surface area contributed by atoms with Crippen LogP contribution < -0.4 is 5.32 Å². The van der Waals surface area contributed by atoms with Gasteiger partial charge in [0.1, 0.15) is 0 Å². The van der Waals surface area contributed by atoms with Crippen molar-refractivity contribution in [2.24, 2.45) is 5.41 Å². The van der Waals surface area contributed by atoms with E-state index in [4.69, 9.17) is 0 Å². The Morgan fingerprint density at radius 1 is 1.25 bits per heavy atom. The topological polar surface area (TPSA) is 44.9 Å². The van der Waals surface area contributed by atoms with Crippen molar-refractivity contribution in [2.75, 3.05) is 6.54 Å². The van der Waals surface area contributed by atoms with Crippen LogP contribution in [0, 0.1) is 19.3 Å². The predicted octanol–water partition coefficient (Wildman–Crippen LogP) is 3.95. The summed E-state index contributed by atoms with van der Waals surface area (Å²) in [7, 11) is 0. The highest BCUT2D eigenvalue weighted by Gasteiger charge is 2.15. The lowest BCUT2D eigenvalue weighted by atomic mass is 9.92. The van der Waals surface area contributed by atoms with Gasteiger partial charge in [0.2, 0.25) is 0 Å². The van der Waals surface area contributed by atoms with Crippen LogP contribution in [0.25, 0.3) is 10.9 Å². The number of carbonyl (C=O) groups is 1. The molecule has 1 heterocycles. The molecule has 20 heavy (non-hydrogen) atoms. The molecule has 0 atom stereocenters. The number of rotatable bonds is 3. The van der Waals surface area contributed by atoms with E-state index < -0.39 is 0 Å². The first-order valence-electron chi connectivity index (χ1n) is 7.16. The molecule has 0 saturated carbocycles. The summed E-state index contributed by atoms with van der Waals surface area (Å²) in [5.41, 5.74) is 4.24. The number of H-pyrrole nitrogens is 1. The summed E-state index contributed by atoms with van der Waals surface area (Å²) >= 11 is 0. The van der Waals surface area contributed by atoms with Crippen LogP contribution in [-0.4, -0.2) is 17.4 Å². The molecule has 0 bridgehead atoms. The van der Waals surface area contributed by atoms with E-state index in [1.165, 1.54) is 5.56 Å². The Bertz CT molecular complexity index is 632. The average Bonchev–Trinajstić information content (AvgIpc) is 2.64. The zero-order valence-electron chi connectivity index (χ0n) is 13.1. The molecule has 2 rings (SSSR count). The van der Waals surface area contributed by atoms with Crippen molar-refractivity contribution in [3.63, 3.8) is 0 Å². The SMILES string of the molecule is Cc1[nH]c2c(C(=O)NCCC(C)(C)C)cccc2c1C. The Balaban J connectivity index is 2.20. The van der Waals surface area contributed by atoms with Gasteiger partial charge >= 0.3 is 0 Å². The van der Waals surface area contributed by atoms with E-state index in [1.807, 2.05) is 19.1 Å². The number of benzene rings is 1. The van der Waals surface area contributed by atoms with Crippen LogP contribution in [0.3, 0.4) is 0 Å². The van der Waals surface area contributed by atoms with E-state index in [0.717, 1.165) is 28.6 Å². The van der Waals surface area contributed by atoms with Gasteiger partial charge in [-0.25, -0.2) is 0 Å². The van der Waals surface area contributed by atoms with Crippen LogP contribution in [0.15, 0.2) is 18.2 Å². The normalized spacial score (nSPS) is 11.8. The monoisotopic (exact) mass is 272 g/mol. The minimum atomic E-state index is 0.00102. The van der Waals surface area contributed by atoms with Crippen LogP contribution in [0.5, 0.6) is 0 Å². The first-order chi connectivity index (χ1) is 9.29. The quantitative estimate of drug-likeness (QED) is 0.873. The van der Waals surface area contributed by atoms with E-state index >= 15 is 0 Å². The molecule has 3 nitrogen and oxygen atoms in total. The van der Waals surface area contributed by atoms with Gasteiger partial charge in [-0.15, -0.1) is 0 Å². The number of hydrogen-bond donors (Lipinski definition) is 2. The van der Waals surface area contributed by atoms with Gasteiger partial charge in [0.05, 0.1) is 11.1 Å². The Labute approximate surface area is 120 Å². The summed E-state index contributed by atoms with van der Waals surface area (Å²) in [5, 5.41) is 4.15. The highest BCUT2D eigenvalue weighted by molar-refractivity contribution is 6.06. The first kappa shape index (κ1) is 14.6. The molecule has 1 aromatic heterocycles. The van der Waals surface area contributed by atoms with Crippen LogP contribution in [0.2, 0.25) is 0 Å². The Morgan fingerprint density at radius 3 is 2.60 bits per heavy atom. The van der Waals surface area contributed by atoms with Gasteiger partial charge in [-0.1, -0.05) is 32.9 Å². The number of aromatic amines is 1. The van der Waals surface area contributed by atoms with Crippen molar-refractivity contribution in [3.8, 4) is 0 Å². The number of nitrogens with one attached hydrogen (secondary N) is 2. The Kier molecular flexibility index (Phi) is 3.89. The van der Waals surface area contributed by atoms with Crippen molar-refractivity contribution in [1.82, 2.24) is 10.3 Å². The van der Waals surface area contributed by atoms with Gasteiger partial charge < -0.3 is 10.3 Å². The molecule has 2 N–H and O–H groups in total. The summed E-state index contributed by atoms with van der Waals surface area (Å²) in [6, 6.07) is 5.88. The molecule has 0 spiro atoms. The zero-order valence-corrected chi connectivity index (χ0v) is 13.1. The largest absolute Gasteiger partial charge is 0.358 e. The minimum absolute atomic E-state index is 0.00102. The third-order valence-corrected chi connectivity index (χ3v) is 3.75. The summed E-state index contributed by atoms with van der Waals surface area (Å²) < 4.78 is 0. The second-order valence-electron chi connectivity index (χ2n) is 6.67. The maximum absolute atomic E-state index is 12.3. The molecular formula is C17H24N2O. The van der Waals surface area contributed by atoms with Crippen molar-refractivity contribution in [1.29, 1.82) is 0 Å². The smallest absolute Gasteiger partial charge is 0.253 e. The zero-order chi connectivity index (χ0) is 14.9. The van der Waals surface area contributed by atoms with Crippen LogP contribution in [-0.2, 0) is 0 Å². The van der Waals surface area contributed by atoms with E-state index in [1.54, 1.807) is 0 Å². The molecule has 108 valence electrons. The molecular weight excluding hydrogens is 248 g/mol. The Hall–Kier alpha value is -1.77. The number of para-hydroxylation sites is 1. The number of aryl methyl sites for hydroxylation is 2. The summed E-state index contributed by atoms with van der Waals surface area (Å²) in [5.74, 6) is 0.00102. The maximum Gasteiger partial charge on any atom is 0.253 e. The average molecular weight is 272 g/mol. The molecule has 2 aromatic rings. The number of amides is 1. The molecule has 0 aliphatic carbocycles. The standard InChI is InChI=1S/C17H24N2O/c1-11-12(2)19-15-13(11)7-6-8-14(15)16(20)18-10-9-17(3,4)5/h6-8,19H,9-10H2,1-5H3,(H,18,20). The van der Waals surface area contributed by atoms with E-state index in [0.29, 0.717) is 6.54 Å². The summed E-state index contributed by atoms with van der Waals surface area (Å²) in [6.45, 7) is 11.4. The molecule has 1 amide bonds. The third-order valence-electron chi connectivity index (χ3n) is 3.75. The molecule has 0 aliphatic heterocycles. The summed E-state index contributed by atoms with van der Waals surface area (Å²) in [6.07, 6.45) is 0.970. The molecule has 0 aliphatic rings. The second kappa shape index (κ2) is 5.31. The molecule has 0 radical (unpaired) electrons. The van der Waals surface area contributed by atoms with Crippen molar-refractivity contribution in [3.05, 3.63) is 35.0 Å². The summed E-state index contributed by atoms with van der Waals surface area (Å²) in [4.78, 5) is 15.7. The van der Waals surface area contributed by atoms with E-state index in [-0.39, 0.29) is 11.3 Å². The van der Waals surface area contributed by atoms with Crippen LogP contribution >= 0.6 is 0 Å². The van der Waals surface area contributed by atoms with Gasteiger partial charge in [0.15, 0.2) is 0 Å². The highest BCUT2D eigenvalue weighted by Crippen LogP contribution is 2.24.